The molecule has 0 fully saturated rings. The number of halogens is 1. The van der Waals surface area contributed by atoms with Crippen molar-refractivity contribution in [2.24, 2.45) is 5.92 Å². The average molecular weight is 223 g/mol. The SMILES string of the molecule is COC(=O)C(C)CSCC(C)=CCl. The van der Waals surface area contributed by atoms with Gasteiger partial charge in [-0.15, -0.1) is 0 Å². The standard InChI is InChI=1S/C9H15ClO2S/c1-7(4-10)5-13-6-8(2)9(11)12-3/h4,8H,5-6H2,1-3H3. The van der Waals surface area contributed by atoms with Crippen LogP contribution in [0, 0.1) is 5.92 Å². The van der Waals surface area contributed by atoms with Gasteiger partial charge in [0.2, 0.25) is 0 Å². The van der Waals surface area contributed by atoms with Crippen LogP contribution in [-0.4, -0.2) is 24.6 Å². The summed E-state index contributed by atoms with van der Waals surface area (Å²) in [5, 5.41) is 0. The maximum atomic E-state index is 11.0. The van der Waals surface area contributed by atoms with Gasteiger partial charge in [-0.25, -0.2) is 0 Å². The van der Waals surface area contributed by atoms with Crippen molar-refractivity contribution in [3.8, 4) is 0 Å². The summed E-state index contributed by atoms with van der Waals surface area (Å²) in [6.45, 7) is 3.82. The van der Waals surface area contributed by atoms with E-state index in [0.29, 0.717) is 0 Å². The van der Waals surface area contributed by atoms with Crippen LogP contribution in [0.3, 0.4) is 0 Å². The molecule has 0 amide bonds. The first kappa shape index (κ1) is 12.8. The highest BCUT2D eigenvalue weighted by atomic mass is 35.5. The first-order chi connectivity index (χ1) is 6.11. The Hall–Kier alpha value is -0.150. The fourth-order valence-electron chi connectivity index (χ4n) is 0.697. The summed E-state index contributed by atoms with van der Waals surface area (Å²) in [7, 11) is 1.41. The Morgan fingerprint density at radius 2 is 2.31 bits per heavy atom. The molecule has 2 nitrogen and oxygen atoms in total. The molecule has 76 valence electrons. The summed E-state index contributed by atoms with van der Waals surface area (Å²) in [5.41, 5.74) is 2.68. The Balaban J connectivity index is 3.59. The van der Waals surface area contributed by atoms with E-state index in [4.69, 9.17) is 11.6 Å². The minimum Gasteiger partial charge on any atom is -0.469 e. The van der Waals surface area contributed by atoms with E-state index in [1.54, 1.807) is 17.3 Å². The second-order valence-electron chi connectivity index (χ2n) is 2.89. The molecule has 0 rings (SSSR count). The van der Waals surface area contributed by atoms with Crippen LogP contribution in [0.15, 0.2) is 11.1 Å². The number of ether oxygens (including phenoxy) is 1. The van der Waals surface area contributed by atoms with Crippen molar-refractivity contribution in [3.05, 3.63) is 11.1 Å². The fourth-order valence-corrected chi connectivity index (χ4v) is 1.88. The third-order valence-electron chi connectivity index (χ3n) is 1.49. The number of hydrogen-bond donors (Lipinski definition) is 0. The molecule has 0 saturated heterocycles. The van der Waals surface area contributed by atoms with Crippen molar-refractivity contribution in [3.63, 3.8) is 0 Å². The van der Waals surface area contributed by atoms with Gasteiger partial charge in [0.05, 0.1) is 13.0 Å². The van der Waals surface area contributed by atoms with Gasteiger partial charge in [0.1, 0.15) is 0 Å². The highest BCUT2D eigenvalue weighted by Gasteiger charge is 2.12. The third-order valence-corrected chi connectivity index (χ3v) is 3.26. The summed E-state index contributed by atoms with van der Waals surface area (Å²) < 4.78 is 4.60. The van der Waals surface area contributed by atoms with Crippen LogP contribution in [0.5, 0.6) is 0 Å². The zero-order chi connectivity index (χ0) is 10.3. The molecule has 0 aromatic carbocycles. The third kappa shape index (κ3) is 5.99. The molecule has 13 heavy (non-hydrogen) atoms. The normalized spacial score (nSPS) is 14.0. The van der Waals surface area contributed by atoms with E-state index in [1.165, 1.54) is 7.11 Å². The van der Waals surface area contributed by atoms with Crippen molar-refractivity contribution in [1.82, 2.24) is 0 Å². The second-order valence-corrected chi connectivity index (χ2v) is 4.14. The molecular weight excluding hydrogens is 208 g/mol. The number of thioether (sulfide) groups is 1. The molecule has 0 N–H and O–H groups in total. The van der Waals surface area contributed by atoms with Gasteiger partial charge in [-0.2, -0.15) is 11.8 Å². The Kier molecular flexibility index (Phi) is 7.19. The van der Waals surface area contributed by atoms with E-state index < -0.39 is 0 Å². The lowest BCUT2D eigenvalue weighted by Gasteiger charge is -2.07. The quantitative estimate of drug-likeness (QED) is 0.669. The topological polar surface area (TPSA) is 26.3 Å². The molecule has 1 unspecified atom stereocenters. The number of carbonyl (C=O) groups excluding carboxylic acids is 1. The lowest BCUT2D eigenvalue weighted by Crippen LogP contribution is -2.15. The lowest BCUT2D eigenvalue weighted by atomic mass is 10.2. The number of methoxy groups -OCH3 is 1. The molecular formula is C9H15ClO2S. The molecule has 0 aromatic heterocycles. The first-order valence-corrected chi connectivity index (χ1v) is 5.62. The molecule has 0 spiro atoms. The smallest absolute Gasteiger partial charge is 0.309 e. The molecule has 0 saturated carbocycles. The van der Waals surface area contributed by atoms with Gasteiger partial charge in [0.25, 0.3) is 0 Å². The van der Waals surface area contributed by atoms with Gasteiger partial charge >= 0.3 is 5.97 Å². The maximum absolute atomic E-state index is 11.0. The molecule has 0 aliphatic rings. The van der Waals surface area contributed by atoms with E-state index in [0.717, 1.165) is 17.1 Å². The molecule has 0 heterocycles. The van der Waals surface area contributed by atoms with Crippen LogP contribution in [0.1, 0.15) is 13.8 Å². The van der Waals surface area contributed by atoms with Crippen molar-refractivity contribution >= 4 is 29.3 Å². The van der Waals surface area contributed by atoms with E-state index in [-0.39, 0.29) is 11.9 Å². The minimum absolute atomic E-state index is 0.0434. The summed E-state index contributed by atoms with van der Waals surface area (Å²) in [6.07, 6.45) is 0. The Morgan fingerprint density at radius 3 is 2.77 bits per heavy atom. The van der Waals surface area contributed by atoms with E-state index in [1.807, 2.05) is 13.8 Å². The summed E-state index contributed by atoms with van der Waals surface area (Å²) in [4.78, 5) is 11.0. The predicted octanol–water partition coefficient (Wildman–Crippen LogP) is 2.67. The molecule has 0 aliphatic heterocycles. The van der Waals surface area contributed by atoms with Crippen LogP contribution in [-0.2, 0) is 9.53 Å². The average Bonchev–Trinajstić information content (AvgIpc) is 2.15. The van der Waals surface area contributed by atoms with Gasteiger partial charge in [-0.1, -0.05) is 24.1 Å². The minimum atomic E-state index is -0.153. The van der Waals surface area contributed by atoms with Crippen LogP contribution in [0.25, 0.3) is 0 Å². The van der Waals surface area contributed by atoms with Gasteiger partial charge in [0.15, 0.2) is 0 Å². The number of rotatable bonds is 5. The molecule has 0 aromatic rings. The highest BCUT2D eigenvalue weighted by molar-refractivity contribution is 7.99. The summed E-state index contributed by atoms with van der Waals surface area (Å²) in [6, 6.07) is 0. The second kappa shape index (κ2) is 7.27. The van der Waals surface area contributed by atoms with Gasteiger partial charge in [-0.3, -0.25) is 4.79 Å². The fraction of sp³-hybridized carbons (Fsp3) is 0.667. The molecule has 0 bridgehead atoms. The van der Waals surface area contributed by atoms with Crippen LogP contribution in [0.4, 0.5) is 0 Å². The molecule has 0 aliphatic carbocycles. The predicted molar refractivity (Wildman–Crippen MR) is 58.1 cm³/mol. The number of carbonyl (C=O) groups is 1. The van der Waals surface area contributed by atoms with Gasteiger partial charge in [0, 0.05) is 17.0 Å². The van der Waals surface area contributed by atoms with Crippen LogP contribution in [0.2, 0.25) is 0 Å². The molecule has 0 radical (unpaired) electrons. The first-order valence-electron chi connectivity index (χ1n) is 4.03. The van der Waals surface area contributed by atoms with Gasteiger partial charge < -0.3 is 4.74 Å². The number of hydrogen-bond acceptors (Lipinski definition) is 3. The highest BCUT2D eigenvalue weighted by Crippen LogP contribution is 2.13. The summed E-state index contributed by atoms with van der Waals surface area (Å²) in [5.74, 6) is 1.44. The van der Waals surface area contributed by atoms with Crippen molar-refractivity contribution in [2.45, 2.75) is 13.8 Å². The van der Waals surface area contributed by atoms with Crippen molar-refractivity contribution in [1.29, 1.82) is 0 Å². The van der Waals surface area contributed by atoms with Crippen molar-refractivity contribution in [2.75, 3.05) is 18.6 Å². The van der Waals surface area contributed by atoms with E-state index >= 15 is 0 Å². The Labute approximate surface area is 88.7 Å². The van der Waals surface area contributed by atoms with Crippen LogP contribution >= 0.6 is 23.4 Å². The summed E-state index contributed by atoms with van der Waals surface area (Å²) >= 11 is 7.17. The van der Waals surface area contributed by atoms with Crippen LogP contribution < -0.4 is 0 Å². The van der Waals surface area contributed by atoms with Crippen molar-refractivity contribution < 1.29 is 9.53 Å². The molecule has 1 atom stereocenters. The van der Waals surface area contributed by atoms with E-state index in [9.17, 15) is 4.79 Å². The largest absolute Gasteiger partial charge is 0.469 e. The Morgan fingerprint density at radius 1 is 1.69 bits per heavy atom. The maximum Gasteiger partial charge on any atom is 0.309 e. The zero-order valence-corrected chi connectivity index (χ0v) is 9.74. The number of esters is 1. The lowest BCUT2D eigenvalue weighted by molar-refractivity contribution is -0.143. The van der Waals surface area contributed by atoms with E-state index in [2.05, 4.69) is 4.74 Å². The van der Waals surface area contributed by atoms with Gasteiger partial charge in [-0.05, 0) is 6.92 Å². The Bertz CT molecular complexity index is 192. The molecule has 4 heteroatoms. The zero-order valence-electron chi connectivity index (χ0n) is 8.17. The monoisotopic (exact) mass is 222 g/mol.